The Labute approximate surface area is 129 Å². The highest BCUT2D eigenvalue weighted by Gasteiger charge is 2.30. The van der Waals surface area contributed by atoms with Crippen LogP contribution in [0.4, 0.5) is 0 Å². The highest BCUT2D eigenvalue weighted by atomic mass is 127. The van der Waals surface area contributed by atoms with Crippen molar-refractivity contribution in [2.24, 2.45) is 5.41 Å². The smallest absolute Gasteiger partial charge is 0.132 e. The van der Waals surface area contributed by atoms with E-state index in [1.165, 1.54) is 42.1 Å². The zero-order valence-electron chi connectivity index (χ0n) is 10.7. The van der Waals surface area contributed by atoms with Crippen LogP contribution in [-0.4, -0.2) is 12.4 Å². The summed E-state index contributed by atoms with van der Waals surface area (Å²) in [6.07, 6.45) is 7.93. The molecule has 1 saturated carbocycles. The average Bonchev–Trinajstić information content (AvgIpc) is 2.64. The third kappa shape index (κ3) is 3.80. The number of hydrogen-bond donors (Lipinski definition) is 1. The molecule has 0 aromatic heterocycles. The summed E-state index contributed by atoms with van der Waals surface area (Å²) >= 11 is 6.92. The first-order chi connectivity index (χ1) is 8.76. The summed E-state index contributed by atoms with van der Waals surface area (Å²) in [4.78, 5) is 0. The topological polar surface area (TPSA) is 9.23 Å². The third-order valence-electron chi connectivity index (χ3n) is 3.87. The molecule has 0 aliphatic heterocycles. The monoisotopic (exact) mass is 376 g/mol. The molecule has 0 N–H and O–H groups in total. The molecular formula is C15H21IOS. The summed E-state index contributed by atoms with van der Waals surface area (Å²) in [5.74, 6) is 1.96. The Kier molecular flexibility index (Phi) is 5.67. The van der Waals surface area contributed by atoms with E-state index in [-0.39, 0.29) is 0 Å². The van der Waals surface area contributed by atoms with Crippen molar-refractivity contribution < 1.29 is 4.74 Å². The fourth-order valence-electron chi connectivity index (χ4n) is 2.62. The number of benzene rings is 1. The minimum atomic E-state index is 0.290. The lowest BCUT2D eigenvalue weighted by molar-refractivity contribution is 0.147. The van der Waals surface area contributed by atoms with Crippen LogP contribution in [0, 0.1) is 8.99 Å². The zero-order valence-corrected chi connectivity index (χ0v) is 13.8. The van der Waals surface area contributed by atoms with Crippen molar-refractivity contribution in [3.8, 4) is 5.75 Å². The number of thiol groups is 1. The van der Waals surface area contributed by atoms with Crippen LogP contribution in [0.15, 0.2) is 24.3 Å². The van der Waals surface area contributed by atoms with Gasteiger partial charge in [0.05, 0.1) is 10.2 Å². The van der Waals surface area contributed by atoms with Crippen molar-refractivity contribution in [2.75, 3.05) is 12.4 Å². The summed E-state index contributed by atoms with van der Waals surface area (Å²) in [6, 6.07) is 8.24. The van der Waals surface area contributed by atoms with Crippen LogP contribution in [0.5, 0.6) is 5.75 Å². The number of halogens is 1. The molecule has 0 saturated heterocycles. The van der Waals surface area contributed by atoms with Gasteiger partial charge in [0, 0.05) is 5.41 Å². The van der Waals surface area contributed by atoms with Crippen LogP contribution in [-0.2, 0) is 0 Å². The van der Waals surface area contributed by atoms with Crippen molar-refractivity contribution in [2.45, 2.75) is 38.5 Å². The van der Waals surface area contributed by atoms with Crippen molar-refractivity contribution >= 4 is 35.2 Å². The SMILES string of the molecule is SCC1(COc2ccccc2I)CCCCCC1. The van der Waals surface area contributed by atoms with Crippen molar-refractivity contribution in [3.05, 3.63) is 27.8 Å². The van der Waals surface area contributed by atoms with Gasteiger partial charge < -0.3 is 4.74 Å². The van der Waals surface area contributed by atoms with Gasteiger partial charge in [-0.25, -0.2) is 0 Å². The maximum atomic E-state index is 6.07. The molecule has 1 aliphatic carbocycles. The van der Waals surface area contributed by atoms with Crippen LogP contribution in [0.3, 0.4) is 0 Å². The predicted octanol–water partition coefficient (Wildman–Crippen LogP) is 4.94. The molecule has 100 valence electrons. The van der Waals surface area contributed by atoms with E-state index in [0.29, 0.717) is 5.41 Å². The second kappa shape index (κ2) is 7.04. The molecule has 1 aliphatic rings. The number of rotatable bonds is 4. The van der Waals surface area contributed by atoms with Crippen LogP contribution in [0.25, 0.3) is 0 Å². The largest absolute Gasteiger partial charge is 0.492 e. The Morgan fingerprint density at radius 1 is 1.11 bits per heavy atom. The van der Waals surface area contributed by atoms with Crippen LogP contribution < -0.4 is 4.74 Å². The lowest BCUT2D eigenvalue weighted by Crippen LogP contribution is -2.30. The summed E-state index contributed by atoms with van der Waals surface area (Å²) < 4.78 is 7.26. The maximum absolute atomic E-state index is 6.07. The van der Waals surface area contributed by atoms with Gasteiger partial charge in [-0.15, -0.1) is 0 Å². The minimum absolute atomic E-state index is 0.290. The summed E-state index contributed by atoms with van der Waals surface area (Å²) in [7, 11) is 0. The number of ether oxygens (including phenoxy) is 1. The molecule has 3 heteroatoms. The minimum Gasteiger partial charge on any atom is -0.492 e. The first-order valence-corrected chi connectivity index (χ1v) is 8.45. The van der Waals surface area contributed by atoms with Gasteiger partial charge in [-0.1, -0.05) is 37.8 Å². The Hall–Kier alpha value is 0.100. The summed E-state index contributed by atoms with van der Waals surface area (Å²) in [6.45, 7) is 0.816. The van der Waals surface area contributed by atoms with Gasteiger partial charge in [0.2, 0.25) is 0 Å². The molecule has 1 nitrogen and oxygen atoms in total. The van der Waals surface area contributed by atoms with E-state index < -0.39 is 0 Å². The fourth-order valence-corrected chi connectivity index (χ4v) is 3.57. The molecule has 0 bridgehead atoms. The molecule has 18 heavy (non-hydrogen) atoms. The quantitative estimate of drug-likeness (QED) is 0.445. The van der Waals surface area contributed by atoms with E-state index >= 15 is 0 Å². The van der Waals surface area contributed by atoms with Crippen molar-refractivity contribution in [1.29, 1.82) is 0 Å². The molecule has 1 aromatic rings. The van der Waals surface area contributed by atoms with Crippen LogP contribution >= 0.6 is 35.2 Å². The number of hydrogen-bond acceptors (Lipinski definition) is 2. The summed E-state index contributed by atoms with van der Waals surface area (Å²) in [5.41, 5.74) is 0.290. The standard InChI is InChI=1S/C15H21IOS/c16-13-7-3-4-8-14(13)17-11-15(12-18)9-5-1-2-6-10-15/h3-4,7-8,18H,1-2,5-6,9-12H2. The van der Waals surface area contributed by atoms with Crippen molar-refractivity contribution in [3.63, 3.8) is 0 Å². The Morgan fingerprint density at radius 3 is 2.39 bits per heavy atom. The fraction of sp³-hybridized carbons (Fsp3) is 0.600. The molecule has 2 rings (SSSR count). The maximum Gasteiger partial charge on any atom is 0.132 e. The normalized spacial score (nSPS) is 19.2. The van der Waals surface area contributed by atoms with Crippen molar-refractivity contribution in [1.82, 2.24) is 0 Å². The van der Waals surface area contributed by atoms with Crippen LogP contribution in [0.2, 0.25) is 0 Å². The predicted molar refractivity (Wildman–Crippen MR) is 88.6 cm³/mol. The van der Waals surface area contributed by atoms with Gasteiger partial charge in [-0.3, -0.25) is 0 Å². The van der Waals surface area contributed by atoms with Gasteiger partial charge >= 0.3 is 0 Å². The van der Waals surface area contributed by atoms with E-state index in [9.17, 15) is 0 Å². The Balaban J connectivity index is 2.00. The Bertz CT molecular complexity index is 373. The average molecular weight is 376 g/mol. The van der Waals surface area contributed by atoms with Gasteiger partial charge in [-0.05, 0) is 53.3 Å². The second-order valence-electron chi connectivity index (χ2n) is 5.29. The lowest BCUT2D eigenvalue weighted by atomic mass is 9.83. The first-order valence-electron chi connectivity index (χ1n) is 6.74. The highest BCUT2D eigenvalue weighted by molar-refractivity contribution is 14.1. The van der Waals surface area contributed by atoms with Gasteiger partial charge in [0.1, 0.15) is 5.75 Å². The van der Waals surface area contributed by atoms with Crippen LogP contribution in [0.1, 0.15) is 38.5 Å². The van der Waals surface area contributed by atoms with Gasteiger partial charge in [0.25, 0.3) is 0 Å². The zero-order chi connectivity index (χ0) is 12.8. The first kappa shape index (κ1) is 14.5. The molecular weight excluding hydrogens is 355 g/mol. The van der Waals surface area contributed by atoms with E-state index in [0.717, 1.165) is 18.1 Å². The van der Waals surface area contributed by atoms with Gasteiger partial charge in [0.15, 0.2) is 0 Å². The van der Waals surface area contributed by atoms with E-state index in [1.54, 1.807) is 0 Å². The molecule has 0 atom stereocenters. The van der Waals surface area contributed by atoms with E-state index in [2.05, 4.69) is 53.4 Å². The highest BCUT2D eigenvalue weighted by Crippen LogP contribution is 2.37. The molecule has 0 spiro atoms. The van der Waals surface area contributed by atoms with Gasteiger partial charge in [-0.2, -0.15) is 12.6 Å². The summed E-state index contributed by atoms with van der Waals surface area (Å²) in [5, 5.41) is 0. The molecule has 1 fully saturated rings. The third-order valence-corrected chi connectivity index (χ3v) is 5.43. The van der Waals surface area contributed by atoms with E-state index in [1.807, 2.05) is 6.07 Å². The number of para-hydroxylation sites is 1. The molecule has 0 heterocycles. The lowest BCUT2D eigenvalue weighted by Gasteiger charge is -2.31. The molecule has 1 aromatic carbocycles. The molecule has 0 radical (unpaired) electrons. The van der Waals surface area contributed by atoms with E-state index in [4.69, 9.17) is 4.74 Å². The second-order valence-corrected chi connectivity index (χ2v) is 6.77. The Morgan fingerprint density at radius 2 is 1.78 bits per heavy atom. The molecule has 0 unspecified atom stereocenters. The molecule has 0 amide bonds.